The van der Waals surface area contributed by atoms with Crippen molar-refractivity contribution in [3.05, 3.63) is 53.1 Å². The molecule has 2 rings (SSSR count). The van der Waals surface area contributed by atoms with Gasteiger partial charge in [-0.15, -0.1) is 0 Å². The monoisotopic (exact) mass is 396 g/mol. The Morgan fingerprint density at radius 3 is 2.38 bits per heavy atom. The van der Waals surface area contributed by atoms with Crippen LogP contribution in [-0.4, -0.2) is 34.5 Å². The van der Waals surface area contributed by atoms with E-state index >= 15 is 0 Å². The van der Waals surface area contributed by atoms with Crippen molar-refractivity contribution in [3.63, 3.8) is 0 Å². The van der Waals surface area contributed by atoms with Crippen LogP contribution in [0.4, 0.5) is 5.69 Å². The molecule has 0 aliphatic rings. The van der Waals surface area contributed by atoms with E-state index in [0.29, 0.717) is 22.0 Å². The fourth-order valence-electron chi connectivity index (χ4n) is 2.51. The molecule has 0 bridgehead atoms. The first kappa shape index (κ1) is 20.2. The molecule has 6 nitrogen and oxygen atoms in total. The van der Waals surface area contributed by atoms with Gasteiger partial charge in [-0.05, 0) is 55.0 Å². The lowest BCUT2D eigenvalue weighted by atomic mass is 10.2. The fraction of sp³-hybridized carbons (Fsp3) is 0.278. The Hall–Kier alpha value is -2.09. The third kappa shape index (κ3) is 4.97. The Morgan fingerprint density at radius 1 is 1.19 bits per heavy atom. The molecule has 0 spiro atoms. The summed E-state index contributed by atoms with van der Waals surface area (Å²) in [5.41, 5.74) is 1.24. The molecule has 2 aromatic rings. The number of halogens is 1. The summed E-state index contributed by atoms with van der Waals surface area (Å²) >= 11 is 5.86. The third-order valence-corrected chi connectivity index (χ3v) is 5.69. The number of ether oxygens (including phenoxy) is 1. The second kappa shape index (κ2) is 8.53. The lowest BCUT2D eigenvalue weighted by Gasteiger charge is -2.21. The maximum atomic E-state index is 12.5. The van der Waals surface area contributed by atoms with Crippen LogP contribution in [0.2, 0.25) is 5.02 Å². The van der Waals surface area contributed by atoms with Crippen molar-refractivity contribution < 1.29 is 17.9 Å². The molecular weight excluding hydrogens is 376 g/mol. The van der Waals surface area contributed by atoms with Crippen molar-refractivity contribution >= 4 is 33.2 Å². The predicted octanol–water partition coefficient (Wildman–Crippen LogP) is 2.99. The minimum atomic E-state index is -3.69. The normalized spacial score (nSPS) is 11.2. The standard InChI is InChI=1S/C18H21ClN2O4S/c1-13-12-17(25-3)8-9-18(13)26(23,24)20-10-11-21(14(2)22)16-6-4-15(19)5-7-16/h4-9,12,20H,10-11H2,1-3H3. The van der Waals surface area contributed by atoms with Crippen molar-refractivity contribution in [3.8, 4) is 5.75 Å². The van der Waals surface area contributed by atoms with E-state index < -0.39 is 10.0 Å². The van der Waals surface area contributed by atoms with Gasteiger partial charge < -0.3 is 9.64 Å². The van der Waals surface area contributed by atoms with Crippen LogP contribution in [0.3, 0.4) is 0 Å². The van der Waals surface area contributed by atoms with Gasteiger partial charge in [0.15, 0.2) is 0 Å². The summed E-state index contributed by atoms with van der Waals surface area (Å²) in [7, 11) is -2.17. The van der Waals surface area contributed by atoms with Crippen LogP contribution in [0.1, 0.15) is 12.5 Å². The molecule has 1 amide bonds. The molecule has 0 saturated carbocycles. The summed E-state index contributed by atoms with van der Waals surface area (Å²) in [5, 5.41) is 0.563. The van der Waals surface area contributed by atoms with Gasteiger partial charge in [0.05, 0.1) is 12.0 Å². The Labute approximate surface area is 158 Å². The summed E-state index contributed by atoms with van der Waals surface area (Å²) < 4.78 is 32.6. The number of hydrogen-bond acceptors (Lipinski definition) is 4. The first-order valence-electron chi connectivity index (χ1n) is 7.92. The SMILES string of the molecule is COc1ccc(S(=O)(=O)NCCN(C(C)=O)c2ccc(Cl)cc2)c(C)c1. The minimum Gasteiger partial charge on any atom is -0.497 e. The van der Waals surface area contributed by atoms with E-state index in [4.69, 9.17) is 16.3 Å². The molecule has 0 heterocycles. The quantitative estimate of drug-likeness (QED) is 0.780. The molecule has 0 aliphatic carbocycles. The largest absolute Gasteiger partial charge is 0.497 e. The molecule has 0 unspecified atom stereocenters. The molecule has 0 atom stereocenters. The highest BCUT2D eigenvalue weighted by Gasteiger charge is 2.18. The van der Waals surface area contributed by atoms with Gasteiger partial charge in [0, 0.05) is 30.7 Å². The minimum absolute atomic E-state index is 0.0794. The Kier molecular flexibility index (Phi) is 6.63. The number of amides is 1. The molecule has 0 aromatic heterocycles. The van der Waals surface area contributed by atoms with Gasteiger partial charge >= 0.3 is 0 Å². The van der Waals surface area contributed by atoms with E-state index in [1.165, 1.54) is 25.0 Å². The fourth-order valence-corrected chi connectivity index (χ4v) is 3.88. The number of methoxy groups -OCH3 is 1. The maximum absolute atomic E-state index is 12.5. The van der Waals surface area contributed by atoms with Crippen molar-refractivity contribution in [1.29, 1.82) is 0 Å². The molecule has 2 aromatic carbocycles. The highest BCUT2D eigenvalue weighted by Crippen LogP contribution is 2.21. The van der Waals surface area contributed by atoms with Gasteiger partial charge in [-0.2, -0.15) is 0 Å². The lowest BCUT2D eigenvalue weighted by molar-refractivity contribution is -0.116. The zero-order valence-electron chi connectivity index (χ0n) is 14.8. The smallest absolute Gasteiger partial charge is 0.240 e. The van der Waals surface area contributed by atoms with Crippen molar-refractivity contribution in [2.24, 2.45) is 0 Å². The number of aryl methyl sites for hydroxylation is 1. The number of nitrogens with one attached hydrogen (secondary N) is 1. The van der Waals surface area contributed by atoms with Gasteiger partial charge in [-0.3, -0.25) is 4.79 Å². The van der Waals surface area contributed by atoms with Crippen molar-refractivity contribution in [2.75, 3.05) is 25.1 Å². The Balaban J connectivity index is 2.08. The second-order valence-corrected chi connectivity index (χ2v) is 7.85. The summed E-state index contributed by atoms with van der Waals surface area (Å²) in [6.07, 6.45) is 0. The molecule has 140 valence electrons. The van der Waals surface area contributed by atoms with Crippen molar-refractivity contribution in [1.82, 2.24) is 4.72 Å². The third-order valence-electron chi connectivity index (χ3n) is 3.82. The summed E-state index contributed by atoms with van der Waals surface area (Å²) in [6, 6.07) is 11.5. The predicted molar refractivity (Wildman–Crippen MR) is 102 cm³/mol. The van der Waals surface area contributed by atoms with Gasteiger partial charge in [-0.1, -0.05) is 11.6 Å². The first-order valence-corrected chi connectivity index (χ1v) is 9.78. The number of benzene rings is 2. The summed E-state index contributed by atoms with van der Waals surface area (Å²) in [5.74, 6) is 0.402. The number of carbonyl (C=O) groups excluding carboxylic acids is 1. The van der Waals surface area contributed by atoms with Crippen molar-refractivity contribution in [2.45, 2.75) is 18.7 Å². The van der Waals surface area contributed by atoms with Crippen LogP contribution in [0, 0.1) is 6.92 Å². The van der Waals surface area contributed by atoms with E-state index in [9.17, 15) is 13.2 Å². The van der Waals surface area contributed by atoms with E-state index in [2.05, 4.69) is 4.72 Å². The lowest BCUT2D eigenvalue weighted by Crippen LogP contribution is -2.37. The molecular formula is C18H21ClN2O4S. The zero-order valence-corrected chi connectivity index (χ0v) is 16.4. The van der Waals surface area contributed by atoms with Gasteiger partial charge in [0.2, 0.25) is 15.9 Å². The van der Waals surface area contributed by atoms with Crippen LogP contribution in [0.15, 0.2) is 47.4 Å². The molecule has 0 fully saturated rings. The molecule has 26 heavy (non-hydrogen) atoms. The van der Waals surface area contributed by atoms with Gasteiger partial charge in [0.25, 0.3) is 0 Å². The highest BCUT2D eigenvalue weighted by molar-refractivity contribution is 7.89. The Bertz CT molecular complexity index is 883. The second-order valence-electron chi connectivity index (χ2n) is 5.68. The average Bonchev–Trinajstić information content (AvgIpc) is 2.59. The van der Waals surface area contributed by atoms with E-state index in [0.717, 1.165) is 0 Å². The average molecular weight is 397 g/mol. The number of anilines is 1. The molecule has 0 aliphatic heterocycles. The zero-order chi connectivity index (χ0) is 19.3. The van der Waals surface area contributed by atoms with E-state index in [1.54, 1.807) is 43.3 Å². The van der Waals surface area contributed by atoms with E-state index in [-0.39, 0.29) is 23.9 Å². The van der Waals surface area contributed by atoms with Crippen LogP contribution in [-0.2, 0) is 14.8 Å². The molecule has 0 saturated heterocycles. The van der Waals surface area contributed by atoms with Gasteiger partial charge in [-0.25, -0.2) is 13.1 Å². The molecule has 0 radical (unpaired) electrons. The number of carbonyl (C=O) groups is 1. The van der Waals surface area contributed by atoms with Gasteiger partial charge in [0.1, 0.15) is 5.75 Å². The maximum Gasteiger partial charge on any atom is 0.240 e. The topological polar surface area (TPSA) is 75.7 Å². The van der Waals surface area contributed by atoms with Crippen LogP contribution in [0.25, 0.3) is 0 Å². The highest BCUT2D eigenvalue weighted by atomic mass is 35.5. The molecule has 1 N–H and O–H groups in total. The number of nitrogens with zero attached hydrogens (tertiary/aromatic N) is 1. The summed E-state index contributed by atoms with van der Waals surface area (Å²) in [6.45, 7) is 3.41. The number of hydrogen-bond donors (Lipinski definition) is 1. The van der Waals surface area contributed by atoms with Crippen LogP contribution in [0.5, 0.6) is 5.75 Å². The molecule has 8 heteroatoms. The van der Waals surface area contributed by atoms with Crippen LogP contribution >= 0.6 is 11.6 Å². The summed E-state index contributed by atoms with van der Waals surface area (Å²) in [4.78, 5) is 13.5. The Morgan fingerprint density at radius 2 is 1.85 bits per heavy atom. The number of sulfonamides is 1. The van der Waals surface area contributed by atoms with Crippen LogP contribution < -0.4 is 14.4 Å². The first-order chi connectivity index (χ1) is 12.2. The van der Waals surface area contributed by atoms with E-state index in [1.807, 2.05) is 0 Å². The number of rotatable bonds is 7.